The molecular formula is C19H20N4O4. The highest BCUT2D eigenvalue weighted by Crippen LogP contribution is 2.25. The van der Waals surface area contributed by atoms with Gasteiger partial charge >= 0.3 is 5.97 Å². The molecule has 8 heteroatoms. The number of nitrogens with zero attached hydrogens (tertiary/aromatic N) is 2. The standard InChI is InChI=1S/C19H20N4O4/c1-26-19(25)17-16(21)13(9-20)11-23(17)14-6-4-12(5-7-14)18(24)22-10-15-3-2-8-27-15/h4-7,11,15H,2-3,8,10,21H2,1H3,(H,22,24). The Hall–Kier alpha value is -3.31. The fourth-order valence-corrected chi connectivity index (χ4v) is 3.01. The van der Waals surface area contributed by atoms with Crippen LogP contribution in [-0.4, -0.2) is 42.8 Å². The summed E-state index contributed by atoms with van der Waals surface area (Å²) in [6.07, 6.45) is 3.51. The van der Waals surface area contributed by atoms with Gasteiger partial charge in [-0.2, -0.15) is 5.26 Å². The highest BCUT2D eigenvalue weighted by Gasteiger charge is 2.22. The number of nitrogens with two attached hydrogens (primary N) is 1. The third-order valence-corrected chi connectivity index (χ3v) is 4.47. The zero-order chi connectivity index (χ0) is 19.4. The van der Waals surface area contributed by atoms with Gasteiger partial charge in [0.1, 0.15) is 6.07 Å². The van der Waals surface area contributed by atoms with Crippen LogP contribution in [0.25, 0.3) is 5.69 Å². The van der Waals surface area contributed by atoms with E-state index in [-0.39, 0.29) is 29.0 Å². The summed E-state index contributed by atoms with van der Waals surface area (Å²) in [6.45, 7) is 1.22. The van der Waals surface area contributed by atoms with Crippen LogP contribution >= 0.6 is 0 Å². The Morgan fingerprint density at radius 3 is 2.74 bits per heavy atom. The highest BCUT2D eigenvalue weighted by molar-refractivity contribution is 5.96. The molecule has 1 fully saturated rings. The predicted octanol–water partition coefficient (Wildman–Crippen LogP) is 1.63. The molecule has 0 radical (unpaired) electrons. The lowest BCUT2D eigenvalue weighted by molar-refractivity contribution is 0.0592. The molecule has 1 saturated heterocycles. The molecule has 1 atom stereocenters. The average Bonchev–Trinajstić information content (AvgIpc) is 3.33. The number of amides is 1. The summed E-state index contributed by atoms with van der Waals surface area (Å²) in [5.74, 6) is -0.845. The van der Waals surface area contributed by atoms with E-state index in [0.717, 1.165) is 19.4 Å². The van der Waals surface area contributed by atoms with Crippen molar-refractivity contribution >= 4 is 17.6 Å². The number of rotatable bonds is 5. The van der Waals surface area contributed by atoms with Crippen LogP contribution in [0.5, 0.6) is 0 Å². The number of ether oxygens (including phenoxy) is 2. The molecule has 1 aromatic heterocycles. The first-order chi connectivity index (χ1) is 13.0. The quantitative estimate of drug-likeness (QED) is 0.774. The van der Waals surface area contributed by atoms with E-state index in [9.17, 15) is 9.59 Å². The van der Waals surface area contributed by atoms with Gasteiger partial charge in [0, 0.05) is 30.6 Å². The number of methoxy groups -OCH3 is 1. The first kappa shape index (κ1) is 18.5. The second kappa shape index (κ2) is 7.93. The topological polar surface area (TPSA) is 119 Å². The lowest BCUT2D eigenvalue weighted by Crippen LogP contribution is -2.31. The smallest absolute Gasteiger partial charge is 0.357 e. The molecule has 3 rings (SSSR count). The molecule has 1 unspecified atom stereocenters. The lowest BCUT2D eigenvalue weighted by atomic mass is 10.1. The fraction of sp³-hybridized carbons (Fsp3) is 0.316. The van der Waals surface area contributed by atoms with Crippen LogP contribution in [0.15, 0.2) is 30.5 Å². The molecule has 3 N–H and O–H groups in total. The molecule has 140 valence electrons. The maximum atomic E-state index is 12.3. The van der Waals surface area contributed by atoms with E-state index in [1.807, 2.05) is 6.07 Å². The van der Waals surface area contributed by atoms with Gasteiger partial charge in [-0.1, -0.05) is 0 Å². The van der Waals surface area contributed by atoms with Gasteiger partial charge in [0.25, 0.3) is 5.91 Å². The Bertz CT molecular complexity index is 890. The molecule has 8 nitrogen and oxygen atoms in total. The summed E-state index contributed by atoms with van der Waals surface area (Å²) in [5, 5.41) is 12.0. The van der Waals surface area contributed by atoms with E-state index in [1.165, 1.54) is 17.9 Å². The number of esters is 1. The number of carbonyl (C=O) groups excluding carboxylic acids is 2. The number of nitriles is 1. The largest absolute Gasteiger partial charge is 0.464 e. The van der Waals surface area contributed by atoms with Crippen molar-refractivity contribution in [3.05, 3.63) is 47.3 Å². The predicted molar refractivity (Wildman–Crippen MR) is 97.5 cm³/mol. The molecule has 2 heterocycles. The SMILES string of the molecule is COC(=O)c1c(N)c(C#N)cn1-c1ccc(C(=O)NCC2CCCO2)cc1. The van der Waals surface area contributed by atoms with E-state index in [1.54, 1.807) is 24.3 Å². The third-order valence-electron chi connectivity index (χ3n) is 4.47. The van der Waals surface area contributed by atoms with E-state index in [2.05, 4.69) is 5.32 Å². The van der Waals surface area contributed by atoms with Gasteiger partial charge in [-0.3, -0.25) is 4.79 Å². The Kier molecular flexibility index (Phi) is 5.43. The second-order valence-electron chi connectivity index (χ2n) is 6.17. The van der Waals surface area contributed by atoms with E-state index in [0.29, 0.717) is 17.8 Å². The minimum atomic E-state index is -0.646. The number of hydrogen-bond donors (Lipinski definition) is 2. The molecule has 0 saturated carbocycles. The molecule has 1 aliphatic rings. The number of nitrogen functional groups attached to an aromatic ring is 1. The molecule has 1 aromatic carbocycles. The zero-order valence-electron chi connectivity index (χ0n) is 14.9. The van der Waals surface area contributed by atoms with Crippen molar-refractivity contribution in [3.8, 4) is 11.8 Å². The Morgan fingerprint density at radius 1 is 1.41 bits per heavy atom. The number of anilines is 1. The molecule has 1 amide bonds. The van der Waals surface area contributed by atoms with Crippen LogP contribution in [0.2, 0.25) is 0 Å². The minimum absolute atomic E-state index is 0.0581. The average molecular weight is 368 g/mol. The molecule has 0 aliphatic carbocycles. The number of hydrogen-bond acceptors (Lipinski definition) is 6. The van der Waals surface area contributed by atoms with Gasteiger partial charge in [0.2, 0.25) is 0 Å². The maximum Gasteiger partial charge on any atom is 0.357 e. The van der Waals surface area contributed by atoms with E-state index in [4.69, 9.17) is 20.5 Å². The monoisotopic (exact) mass is 368 g/mol. The van der Waals surface area contributed by atoms with Crippen LogP contribution in [-0.2, 0) is 9.47 Å². The number of aromatic nitrogens is 1. The number of carbonyl (C=O) groups is 2. The minimum Gasteiger partial charge on any atom is -0.464 e. The van der Waals surface area contributed by atoms with Crippen LogP contribution in [0.1, 0.15) is 39.3 Å². The first-order valence-electron chi connectivity index (χ1n) is 8.54. The molecular weight excluding hydrogens is 348 g/mol. The van der Waals surface area contributed by atoms with Crippen molar-refractivity contribution in [2.24, 2.45) is 0 Å². The summed E-state index contributed by atoms with van der Waals surface area (Å²) >= 11 is 0. The van der Waals surface area contributed by atoms with Crippen molar-refractivity contribution in [1.29, 1.82) is 5.26 Å². The van der Waals surface area contributed by atoms with Crippen LogP contribution < -0.4 is 11.1 Å². The first-order valence-corrected chi connectivity index (χ1v) is 8.54. The molecule has 0 bridgehead atoms. The van der Waals surface area contributed by atoms with Gasteiger partial charge < -0.3 is 25.1 Å². The summed E-state index contributed by atoms with van der Waals surface area (Å²) in [7, 11) is 1.24. The van der Waals surface area contributed by atoms with E-state index >= 15 is 0 Å². The van der Waals surface area contributed by atoms with Crippen LogP contribution in [0.4, 0.5) is 5.69 Å². The van der Waals surface area contributed by atoms with Gasteiger partial charge in [0.15, 0.2) is 5.69 Å². The Labute approximate surface area is 156 Å². The summed E-state index contributed by atoms with van der Waals surface area (Å²) in [5.41, 5.74) is 7.26. The van der Waals surface area contributed by atoms with Crippen molar-refractivity contribution < 1.29 is 19.1 Å². The van der Waals surface area contributed by atoms with Crippen molar-refractivity contribution in [2.75, 3.05) is 26.0 Å². The van der Waals surface area contributed by atoms with Crippen LogP contribution in [0.3, 0.4) is 0 Å². The maximum absolute atomic E-state index is 12.3. The summed E-state index contributed by atoms with van der Waals surface area (Å²) in [4.78, 5) is 24.3. The molecule has 27 heavy (non-hydrogen) atoms. The summed E-state index contributed by atoms with van der Waals surface area (Å²) < 4.78 is 11.7. The van der Waals surface area contributed by atoms with Gasteiger partial charge in [0.05, 0.1) is 24.5 Å². The summed E-state index contributed by atoms with van der Waals surface area (Å²) in [6, 6.07) is 8.58. The van der Waals surface area contributed by atoms with Gasteiger partial charge in [-0.15, -0.1) is 0 Å². The zero-order valence-corrected chi connectivity index (χ0v) is 14.9. The normalized spacial score (nSPS) is 15.9. The number of nitrogens with one attached hydrogen (secondary N) is 1. The Morgan fingerprint density at radius 2 is 2.15 bits per heavy atom. The van der Waals surface area contributed by atoms with Crippen molar-refractivity contribution in [1.82, 2.24) is 9.88 Å². The fourth-order valence-electron chi connectivity index (χ4n) is 3.01. The molecule has 0 spiro atoms. The highest BCUT2D eigenvalue weighted by atomic mass is 16.5. The van der Waals surface area contributed by atoms with Crippen molar-refractivity contribution in [3.63, 3.8) is 0 Å². The Balaban J connectivity index is 1.80. The van der Waals surface area contributed by atoms with Gasteiger partial charge in [-0.25, -0.2) is 4.79 Å². The molecule has 1 aliphatic heterocycles. The second-order valence-corrected chi connectivity index (χ2v) is 6.17. The lowest BCUT2D eigenvalue weighted by Gasteiger charge is -2.12. The molecule has 2 aromatic rings. The third kappa shape index (κ3) is 3.78. The number of benzene rings is 1. The van der Waals surface area contributed by atoms with Crippen LogP contribution in [0, 0.1) is 11.3 Å². The van der Waals surface area contributed by atoms with Crippen molar-refractivity contribution in [2.45, 2.75) is 18.9 Å². The van der Waals surface area contributed by atoms with Gasteiger partial charge in [-0.05, 0) is 37.1 Å². The van der Waals surface area contributed by atoms with E-state index < -0.39 is 5.97 Å².